The lowest BCUT2D eigenvalue weighted by Crippen LogP contribution is -2.16. The van der Waals surface area contributed by atoms with Gasteiger partial charge in [0.25, 0.3) is 5.56 Å². The minimum absolute atomic E-state index is 0.0159. The molecule has 0 aliphatic heterocycles. The number of nitrogens with one attached hydrogen (secondary N) is 2. The summed E-state index contributed by atoms with van der Waals surface area (Å²) >= 11 is 1.60. The largest absolute Gasteiger partial charge is 0.326 e. The van der Waals surface area contributed by atoms with Crippen LogP contribution >= 0.6 is 11.3 Å². The van der Waals surface area contributed by atoms with Crippen molar-refractivity contribution in [2.75, 3.05) is 5.32 Å². The Balaban J connectivity index is 1.43. The zero-order chi connectivity index (χ0) is 19.0. The zero-order valence-corrected chi connectivity index (χ0v) is 15.7. The monoisotopic (exact) mass is 381 g/mol. The number of thiophene rings is 1. The number of benzene rings is 1. The third-order valence-electron chi connectivity index (χ3n) is 4.79. The Morgan fingerprint density at radius 3 is 2.74 bits per heavy atom. The average Bonchev–Trinajstić information content (AvgIpc) is 3.21. The van der Waals surface area contributed by atoms with Crippen LogP contribution in [0, 0.1) is 0 Å². The fourth-order valence-corrected chi connectivity index (χ4v) is 4.69. The first-order valence-corrected chi connectivity index (χ1v) is 9.77. The molecule has 0 saturated carbocycles. The van der Waals surface area contributed by atoms with Crippen molar-refractivity contribution in [1.82, 2.24) is 9.97 Å². The van der Waals surface area contributed by atoms with Crippen molar-refractivity contribution in [3.63, 3.8) is 0 Å². The number of anilines is 1. The van der Waals surface area contributed by atoms with Gasteiger partial charge in [0.05, 0.1) is 5.39 Å². The Hall–Kier alpha value is -2.80. The average molecular weight is 381 g/mol. The summed E-state index contributed by atoms with van der Waals surface area (Å²) in [4.78, 5) is 45.3. The SMILES string of the molecule is CC(=O)c1ccc(NC(=O)CCc2nc3sc4c(c3c(=O)[nH]2)CCC4)cc1. The molecule has 1 aromatic carbocycles. The fourth-order valence-electron chi connectivity index (χ4n) is 3.41. The Labute approximate surface area is 159 Å². The van der Waals surface area contributed by atoms with Crippen molar-refractivity contribution in [3.8, 4) is 0 Å². The van der Waals surface area contributed by atoms with Crippen LogP contribution in [0.4, 0.5) is 5.69 Å². The topological polar surface area (TPSA) is 91.9 Å². The second-order valence-corrected chi connectivity index (χ2v) is 7.82. The van der Waals surface area contributed by atoms with Crippen LogP contribution in [0.25, 0.3) is 10.2 Å². The summed E-state index contributed by atoms with van der Waals surface area (Å²) < 4.78 is 0. The molecule has 0 atom stereocenters. The van der Waals surface area contributed by atoms with Crippen LogP contribution in [0.1, 0.15) is 46.4 Å². The van der Waals surface area contributed by atoms with Gasteiger partial charge in [-0.1, -0.05) is 0 Å². The number of carbonyl (C=O) groups excluding carboxylic acids is 2. The lowest BCUT2D eigenvalue weighted by molar-refractivity contribution is -0.116. The molecule has 7 heteroatoms. The molecule has 0 spiro atoms. The van der Waals surface area contributed by atoms with E-state index >= 15 is 0 Å². The van der Waals surface area contributed by atoms with Gasteiger partial charge in [-0.25, -0.2) is 4.98 Å². The van der Waals surface area contributed by atoms with E-state index in [0.717, 1.165) is 35.0 Å². The Bertz CT molecular complexity index is 1100. The number of aryl methyl sites for hydroxylation is 3. The van der Waals surface area contributed by atoms with Crippen molar-refractivity contribution in [3.05, 3.63) is 56.4 Å². The molecular formula is C20H19N3O3S. The molecule has 0 unspecified atom stereocenters. The van der Waals surface area contributed by atoms with Gasteiger partial charge < -0.3 is 10.3 Å². The maximum atomic E-state index is 12.4. The standard InChI is InChI=1S/C20H19N3O3S/c1-11(24)12-5-7-13(8-6-12)21-17(25)10-9-16-22-19(26)18-14-3-2-4-15(14)27-20(18)23-16/h5-8H,2-4,9-10H2,1H3,(H,21,25)(H,22,23,26). The van der Waals surface area contributed by atoms with E-state index in [1.165, 1.54) is 11.8 Å². The highest BCUT2D eigenvalue weighted by molar-refractivity contribution is 7.18. The first kappa shape index (κ1) is 17.6. The molecule has 4 rings (SSSR count). The van der Waals surface area contributed by atoms with Crippen molar-refractivity contribution < 1.29 is 9.59 Å². The van der Waals surface area contributed by atoms with Crippen molar-refractivity contribution in [2.24, 2.45) is 0 Å². The highest BCUT2D eigenvalue weighted by Gasteiger charge is 2.21. The molecule has 1 aliphatic rings. The molecule has 0 bridgehead atoms. The number of fused-ring (bicyclic) bond motifs is 3. The van der Waals surface area contributed by atoms with E-state index in [0.29, 0.717) is 23.5 Å². The molecule has 138 valence electrons. The normalized spacial score (nSPS) is 12.9. The second kappa shape index (κ2) is 7.08. The molecule has 0 radical (unpaired) electrons. The summed E-state index contributed by atoms with van der Waals surface area (Å²) in [6.07, 6.45) is 3.66. The van der Waals surface area contributed by atoms with Crippen molar-refractivity contribution in [2.45, 2.75) is 39.0 Å². The van der Waals surface area contributed by atoms with E-state index in [2.05, 4.69) is 15.3 Å². The van der Waals surface area contributed by atoms with E-state index < -0.39 is 0 Å². The van der Waals surface area contributed by atoms with Crippen LogP contribution in [0.5, 0.6) is 0 Å². The predicted octanol–water partition coefficient (Wildman–Crippen LogP) is 3.25. The molecular weight excluding hydrogens is 362 g/mol. The molecule has 1 amide bonds. The number of aromatic amines is 1. The number of aromatic nitrogens is 2. The number of Topliss-reactive ketones (excluding diaryl/α,β-unsaturated/α-hetero) is 1. The lowest BCUT2D eigenvalue weighted by Gasteiger charge is -2.06. The predicted molar refractivity (Wildman–Crippen MR) is 106 cm³/mol. The van der Waals surface area contributed by atoms with Gasteiger partial charge in [-0.3, -0.25) is 14.4 Å². The van der Waals surface area contributed by atoms with Crippen LogP contribution in [0.3, 0.4) is 0 Å². The number of amides is 1. The van der Waals surface area contributed by atoms with Crippen LogP contribution in [0.15, 0.2) is 29.1 Å². The number of nitrogens with zero attached hydrogens (tertiary/aromatic N) is 1. The quantitative estimate of drug-likeness (QED) is 0.664. The minimum atomic E-state index is -0.165. The zero-order valence-electron chi connectivity index (χ0n) is 14.9. The highest BCUT2D eigenvalue weighted by atomic mass is 32.1. The van der Waals surface area contributed by atoms with Gasteiger partial charge in [-0.2, -0.15) is 0 Å². The number of hydrogen-bond donors (Lipinski definition) is 2. The lowest BCUT2D eigenvalue weighted by atomic mass is 10.1. The highest BCUT2D eigenvalue weighted by Crippen LogP contribution is 2.34. The van der Waals surface area contributed by atoms with Gasteiger partial charge in [0.1, 0.15) is 10.7 Å². The number of hydrogen-bond acceptors (Lipinski definition) is 5. The minimum Gasteiger partial charge on any atom is -0.326 e. The van der Waals surface area contributed by atoms with Gasteiger partial charge in [-0.15, -0.1) is 11.3 Å². The summed E-state index contributed by atoms with van der Waals surface area (Å²) in [5.41, 5.74) is 2.29. The summed E-state index contributed by atoms with van der Waals surface area (Å²) in [5, 5.41) is 3.52. The van der Waals surface area contributed by atoms with Gasteiger partial charge >= 0.3 is 0 Å². The van der Waals surface area contributed by atoms with E-state index in [-0.39, 0.29) is 23.7 Å². The van der Waals surface area contributed by atoms with E-state index in [4.69, 9.17) is 0 Å². The first-order valence-electron chi connectivity index (χ1n) is 8.95. The summed E-state index contributed by atoms with van der Waals surface area (Å²) in [5.74, 6) is 0.356. The number of H-pyrrole nitrogens is 1. The third kappa shape index (κ3) is 3.55. The number of ketones is 1. The Morgan fingerprint density at radius 1 is 1.22 bits per heavy atom. The van der Waals surface area contributed by atoms with Gasteiger partial charge in [0, 0.05) is 29.0 Å². The summed E-state index contributed by atoms with van der Waals surface area (Å²) in [6, 6.07) is 6.77. The van der Waals surface area contributed by atoms with Gasteiger partial charge in [0.15, 0.2) is 5.78 Å². The fraction of sp³-hybridized carbons (Fsp3) is 0.300. The van der Waals surface area contributed by atoms with Crippen LogP contribution < -0.4 is 10.9 Å². The summed E-state index contributed by atoms with van der Waals surface area (Å²) in [7, 11) is 0. The molecule has 2 heterocycles. The molecule has 2 aromatic heterocycles. The Morgan fingerprint density at radius 2 is 2.00 bits per heavy atom. The Kier molecular flexibility index (Phi) is 4.61. The second-order valence-electron chi connectivity index (χ2n) is 6.73. The molecule has 1 aliphatic carbocycles. The van der Waals surface area contributed by atoms with Crippen molar-refractivity contribution in [1.29, 1.82) is 0 Å². The smallest absolute Gasteiger partial charge is 0.259 e. The molecule has 0 fully saturated rings. The van der Waals surface area contributed by atoms with Crippen LogP contribution in [0.2, 0.25) is 0 Å². The molecule has 6 nitrogen and oxygen atoms in total. The first-order chi connectivity index (χ1) is 13.0. The number of carbonyl (C=O) groups is 2. The summed E-state index contributed by atoms with van der Waals surface area (Å²) in [6.45, 7) is 1.50. The van der Waals surface area contributed by atoms with Crippen molar-refractivity contribution >= 4 is 38.9 Å². The number of rotatable bonds is 5. The van der Waals surface area contributed by atoms with Crippen LogP contribution in [-0.4, -0.2) is 21.7 Å². The molecule has 0 saturated heterocycles. The maximum absolute atomic E-state index is 12.4. The van der Waals surface area contributed by atoms with E-state index in [9.17, 15) is 14.4 Å². The molecule has 27 heavy (non-hydrogen) atoms. The van der Waals surface area contributed by atoms with E-state index in [1.807, 2.05) is 0 Å². The maximum Gasteiger partial charge on any atom is 0.259 e. The molecule has 2 N–H and O–H groups in total. The molecule has 3 aromatic rings. The third-order valence-corrected chi connectivity index (χ3v) is 5.97. The van der Waals surface area contributed by atoms with Gasteiger partial charge in [0.2, 0.25) is 5.91 Å². The van der Waals surface area contributed by atoms with Crippen LogP contribution in [-0.2, 0) is 24.1 Å². The van der Waals surface area contributed by atoms with E-state index in [1.54, 1.807) is 35.6 Å². The van der Waals surface area contributed by atoms with Gasteiger partial charge in [-0.05, 0) is 56.0 Å².